The lowest BCUT2D eigenvalue weighted by atomic mass is 9.94. The van der Waals surface area contributed by atoms with E-state index < -0.39 is 6.10 Å². The Labute approximate surface area is 184 Å². The highest BCUT2D eigenvalue weighted by Gasteiger charge is 2.31. The number of hydrogen-bond acceptors (Lipinski definition) is 6. The number of hydrogen-bond donors (Lipinski definition) is 2. The van der Waals surface area contributed by atoms with Gasteiger partial charge in [-0.2, -0.15) is 0 Å². The molecule has 0 unspecified atom stereocenters. The fourth-order valence-corrected chi connectivity index (χ4v) is 4.32. The molecule has 1 heterocycles. The molecule has 1 saturated heterocycles. The predicted molar refractivity (Wildman–Crippen MR) is 121 cm³/mol. The van der Waals surface area contributed by atoms with Gasteiger partial charge in [0.2, 0.25) is 0 Å². The quantitative estimate of drug-likeness (QED) is 0.445. The summed E-state index contributed by atoms with van der Waals surface area (Å²) in [4.78, 5) is 12.9. The third-order valence-corrected chi connectivity index (χ3v) is 5.96. The van der Waals surface area contributed by atoms with Crippen molar-refractivity contribution in [2.75, 3.05) is 20.2 Å². The van der Waals surface area contributed by atoms with Gasteiger partial charge in [0, 0.05) is 36.8 Å². The molecule has 0 aliphatic carbocycles. The zero-order valence-corrected chi connectivity index (χ0v) is 18.6. The number of rotatable bonds is 10. The molecule has 0 radical (unpaired) electrons. The topological polar surface area (TPSA) is 87.9 Å². The highest BCUT2D eigenvalue weighted by Crippen LogP contribution is 2.25. The van der Waals surface area contributed by atoms with E-state index >= 15 is 0 Å². The highest BCUT2D eigenvalue weighted by atomic mass is 16.6. The lowest BCUT2D eigenvalue weighted by Crippen LogP contribution is -2.50. The molecule has 2 aromatic carbocycles. The first-order valence-corrected chi connectivity index (χ1v) is 10.8. The summed E-state index contributed by atoms with van der Waals surface area (Å²) in [6, 6.07) is 14.9. The molecule has 0 aromatic heterocycles. The first-order chi connectivity index (χ1) is 14.8. The Balaban J connectivity index is 1.55. The van der Waals surface area contributed by atoms with Crippen molar-refractivity contribution >= 4 is 5.69 Å². The van der Waals surface area contributed by atoms with Crippen LogP contribution in [0.25, 0.3) is 0 Å². The monoisotopic (exact) mass is 427 g/mol. The second-order valence-electron chi connectivity index (χ2n) is 8.96. The second-order valence-corrected chi connectivity index (χ2v) is 8.96. The number of aliphatic hydroxyl groups excluding tert-OH is 1. The van der Waals surface area contributed by atoms with E-state index in [1.807, 2.05) is 18.2 Å². The maximum atomic E-state index is 11.0. The number of non-ortho nitro benzene ring substituents is 1. The van der Waals surface area contributed by atoms with Crippen LogP contribution in [0.1, 0.15) is 37.8 Å². The van der Waals surface area contributed by atoms with E-state index in [1.54, 1.807) is 19.2 Å². The maximum Gasteiger partial charge on any atom is 0.269 e. The standard InChI is InChI=1S/C24H33N3O4/c1-24(2,15-18-9-11-21(31-3)12-10-18)25-16-23(28)22-8-5-13-26(22)17-19-6-4-7-20(14-19)27(29)30/h4,6-7,9-12,14,22-23,25,28H,5,8,13,15-17H2,1-3H3/t22-,23+/m1/s1. The van der Waals surface area contributed by atoms with Crippen molar-refractivity contribution in [3.05, 3.63) is 69.8 Å². The zero-order chi connectivity index (χ0) is 22.4. The average Bonchev–Trinajstić information content (AvgIpc) is 3.20. The van der Waals surface area contributed by atoms with Crippen LogP contribution >= 0.6 is 0 Å². The number of methoxy groups -OCH3 is 1. The maximum absolute atomic E-state index is 11.0. The summed E-state index contributed by atoms with van der Waals surface area (Å²) in [5.74, 6) is 0.843. The highest BCUT2D eigenvalue weighted by molar-refractivity contribution is 5.34. The number of β-amino-alcohol motifs (C(OH)–C–C–N with tert-alkyl or cyclic N) is 1. The minimum absolute atomic E-state index is 0.0450. The Bertz CT molecular complexity index is 869. The summed E-state index contributed by atoms with van der Waals surface area (Å²) >= 11 is 0. The van der Waals surface area contributed by atoms with Gasteiger partial charge in [-0.1, -0.05) is 24.3 Å². The summed E-state index contributed by atoms with van der Waals surface area (Å²) in [5, 5.41) is 25.5. The lowest BCUT2D eigenvalue weighted by molar-refractivity contribution is -0.384. The van der Waals surface area contributed by atoms with Crippen LogP contribution < -0.4 is 10.1 Å². The molecule has 0 spiro atoms. The molecular formula is C24H33N3O4. The number of benzene rings is 2. The summed E-state index contributed by atoms with van der Waals surface area (Å²) in [6.45, 7) is 6.27. The van der Waals surface area contributed by atoms with Crippen LogP contribution in [-0.2, 0) is 13.0 Å². The number of nitrogens with one attached hydrogen (secondary N) is 1. The smallest absolute Gasteiger partial charge is 0.269 e. The molecule has 31 heavy (non-hydrogen) atoms. The van der Waals surface area contributed by atoms with Gasteiger partial charge in [0.1, 0.15) is 5.75 Å². The Morgan fingerprint density at radius 3 is 2.68 bits per heavy atom. The van der Waals surface area contributed by atoms with E-state index in [-0.39, 0.29) is 22.2 Å². The van der Waals surface area contributed by atoms with Crippen LogP contribution in [0, 0.1) is 10.1 Å². The van der Waals surface area contributed by atoms with Crippen LogP contribution in [-0.4, -0.2) is 52.8 Å². The SMILES string of the molecule is COc1ccc(CC(C)(C)NC[C@H](O)[C@H]2CCCN2Cc2cccc([N+](=O)[O-])c2)cc1. The van der Waals surface area contributed by atoms with E-state index in [0.29, 0.717) is 13.1 Å². The van der Waals surface area contributed by atoms with Gasteiger partial charge in [0.15, 0.2) is 0 Å². The van der Waals surface area contributed by atoms with E-state index in [2.05, 4.69) is 36.2 Å². The van der Waals surface area contributed by atoms with Crippen molar-refractivity contribution in [3.8, 4) is 5.75 Å². The van der Waals surface area contributed by atoms with Gasteiger partial charge in [-0.15, -0.1) is 0 Å². The van der Waals surface area contributed by atoms with E-state index in [4.69, 9.17) is 4.74 Å². The minimum atomic E-state index is -0.503. The molecule has 0 bridgehead atoms. The third kappa shape index (κ3) is 6.50. The Hall–Kier alpha value is -2.48. The fraction of sp³-hybridized carbons (Fsp3) is 0.500. The first-order valence-electron chi connectivity index (χ1n) is 10.8. The number of likely N-dealkylation sites (tertiary alicyclic amines) is 1. The van der Waals surface area contributed by atoms with Crippen LogP contribution in [0.5, 0.6) is 5.75 Å². The number of nitro benzene ring substituents is 1. The van der Waals surface area contributed by atoms with Crippen molar-refractivity contribution < 1.29 is 14.8 Å². The van der Waals surface area contributed by atoms with Gasteiger partial charge in [-0.05, 0) is 62.9 Å². The van der Waals surface area contributed by atoms with Crippen molar-refractivity contribution in [1.82, 2.24) is 10.2 Å². The summed E-state index contributed by atoms with van der Waals surface area (Å²) < 4.78 is 5.22. The van der Waals surface area contributed by atoms with Gasteiger partial charge >= 0.3 is 0 Å². The minimum Gasteiger partial charge on any atom is -0.497 e. The van der Waals surface area contributed by atoms with E-state index in [0.717, 1.165) is 37.1 Å². The zero-order valence-electron chi connectivity index (χ0n) is 18.6. The molecule has 2 N–H and O–H groups in total. The van der Waals surface area contributed by atoms with E-state index in [9.17, 15) is 15.2 Å². The normalized spacial score (nSPS) is 18.1. The number of ether oxygens (including phenoxy) is 1. The van der Waals surface area contributed by atoms with Crippen LogP contribution in [0.3, 0.4) is 0 Å². The van der Waals surface area contributed by atoms with Crippen LogP contribution in [0.2, 0.25) is 0 Å². The summed E-state index contributed by atoms with van der Waals surface area (Å²) in [5.41, 5.74) is 2.05. The first kappa shape index (κ1) is 23.2. The molecule has 1 aliphatic heterocycles. The average molecular weight is 428 g/mol. The summed E-state index contributed by atoms with van der Waals surface area (Å²) in [7, 11) is 1.66. The Morgan fingerprint density at radius 2 is 2.00 bits per heavy atom. The summed E-state index contributed by atoms with van der Waals surface area (Å²) in [6.07, 6.45) is 2.28. The predicted octanol–water partition coefficient (Wildman–Crippen LogP) is 3.54. The fourth-order valence-electron chi connectivity index (χ4n) is 4.32. The van der Waals surface area contributed by atoms with Crippen LogP contribution in [0.4, 0.5) is 5.69 Å². The number of aliphatic hydroxyl groups is 1. The lowest BCUT2D eigenvalue weighted by Gasteiger charge is -2.33. The van der Waals surface area contributed by atoms with E-state index in [1.165, 1.54) is 11.6 Å². The van der Waals surface area contributed by atoms with Gasteiger partial charge in [0.05, 0.1) is 18.1 Å². The molecule has 3 rings (SSSR count). The van der Waals surface area contributed by atoms with Crippen molar-refractivity contribution in [1.29, 1.82) is 0 Å². The largest absolute Gasteiger partial charge is 0.497 e. The second kappa shape index (κ2) is 10.2. The Morgan fingerprint density at radius 1 is 1.26 bits per heavy atom. The van der Waals surface area contributed by atoms with Crippen molar-refractivity contribution in [3.63, 3.8) is 0 Å². The van der Waals surface area contributed by atoms with Gasteiger partial charge in [-0.3, -0.25) is 15.0 Å². The number of nitrogens with zero attached hydrogens (tertiary/aromatic N) is 2. The van der Waals surface area contributed by atoms with Gasteiger partial charge in [0.25, 0.3) is 5.69 Å². The molecular weight excluding hydrogens is 394 g/mol. The Kier molecular flexibility index (Phi) is 7.64. The molecule has 0 amide bonds. The molecule has 7 nitrogen and oxygen atoms in total. The van der Waals surface area contributed by atoms with Gasteiger partial charge < -0.3 is 15.2 Å². The molecule has 1 aliphatic rings. The molecule has 168 valence electrons. The third-order valence-electron chi connectivity index (χ3n) is 5.96. The van der Waals surface area contributed by atoms with Crippen LogP contribution in [0.15, 0.2) is 48.5 Å². The number of nitro groups is 1. The molecule has 2 atom stereocenters. The van der Waals surface area contributed by atoms with Crippen molar-refractivity contribution in [2.45, 2.75) is 57.3 Å². The van der Waals surface area contributed by atoms with Crippen molar-refractivity contribution in [2.24, 2.45) is 0 Å². The molecule has 2 aromatic rings. The molecule has 1 fully saturated rings. The van der Waals surface area contributed by atoms with Gasteiger partial charge in [-0.25, -0.2) is 0 Å². The molecule has 7 heteroatoms. The molecule has 0 saturated carbocycles.